The van der Waals surface area contributed by atoms with E-state index in [0.29, 0.717) is 11.3 Å². The van der Waals surface area contributed by atoms with E-state index in [4.69, 9.17) is 5.11 Å². The van der Waals surface area contributed by atoms with Gasteiger partial charge in [0.1, 0.15) is 5.82 Å². The van der Waals surface area contributed by atoms with Crippen molar-refractivity contribution in [2.45, 2.75) is 4.90 Å². The molecule has 7 heteroatoms. The fourth-order valence-electron chi connectivity index (χ4n) is 1.83. The van der Waals surface area contributed by atoms with Crippen molar-refractivity contribution in [1.82, 2.24) is 0 Å². The molecule has 25 heavy (non-hydrogen) atoms. The molecular formula is C18H14FNO4S. The van der Waals surface area contributed by atoms with Gasteiger partial charge in [-0.25, -0.2) is 9.18 Å². The summed E-state index contributed by atoms with van der Waals surface area (Å²) in [5.74, 6) is -2.04. The molecule has 0 saturated carbocycles. The lowest BCUT2D eigenvalue weighted by molar-refractivity contribution is -0.131. The van der Waals surface area contributed by atoms with Crippen molar-refractivity contribution in [3.05, 3.63) is 72.1 Å². The fourth-order valence-corrected chi connectivity index (χ4v) is 2.63. The topological polar surface area (TPSA) is 83.5 Å². The number of benzene rings is 2. The summed E-state index contributed by atoms with van der Waals surface area (Å²) in [4.78, 5) is 34.6. The molecule has 0 aliphatic carbocycles. The molecule has 2 aromatic rings. The summed E-state index contributed by atoms with van der Waals surface area (Å²) in [5.41, 5.74) is 0.956. The summed E-state index contributed by atoms with van der Waals surface area (Å²) < 4.78 is 12.8. The zero-order valence-corrected chi connectivity index (χ0v) is 13.8. The first-order chi connectivity index (χ1) is 11.9. The fraction of sp³-hybridized carbons (Fsp3) is 0.0556. The number of thioether (sulfide) groups is 1. The van der Waals surface area contributed by atoms with Crippen LogP contribution in [0.1, 0.15) is 10.4 Å². The van der Waals surface area contributed by atoms with Crippen molar-refractivity contribution in [2.24, 2.45) is 0 Å². The quantitative estimate of drug-likeness (QED) is 0.450. The Morgan fingerprint density at radius 2 is 1.64 bits per heavy atom. The molecule has 1 amide bonds. The molecule has 0 bridgehead atoms. The molecule has 128 valence electrons. The molecule has 0 unspecified atom stereocenters. The number of halogens is 1. The number of carboxylic acid groups (broad SMARTS) is 1. The monoisotopic (exact) mass is 359 g/mol. The van der Waals surface area contributed by atoms with Crippen molar-refractivity contribution in [3.8, 4) is 0 Å². The Balaban J connectivity index is 1.87. The summed E-state index contributed by atoms with van der Waals surface area (Å²) in [6.07, 6.45) is 1.67. The molecule has 0 fully saturated rings. The molecule has 0 aliphatic heterocycles. The first-order valence-corrected chi connectivity index (χ1v) is 8.16. The number of hydrogen-bond acceptors (Lipinski definition) is 4. The third-order valence-corrected chi connectivity index (χ3v) is 4.05. The molecule has 2 aromatic carbocycles. The number of nitrogens with one attached hydrogen (secondary N) is 1. The molecule has 0 aliphatic rings. The highest BCUT2D eigenvalue weighted by Gasteiger charge is 2.07. The minimum atomic E-state index is -1.20. The van der Waals surface area contributed by atoms with E-state index in [2.05, 4.69) is 5.32 Å². The third kappa shape index (κ3) is 6.23. The van der Waals surface area contributed by atoms with Gasteiger partial charge < -0.3 is 10.4 Å². The van der Waals surface area contributed by atoms with Crippen LogP contribution in [0.3, 0.4) is 0 Å². The lowest BCUT2D eigenvalue weighted by Gasteiger charge is -2.05. The summed E-state index contributed by atoms with van der Waals surface area (Å²) in [5, 5.41) is 11.0. The lowest BCUT2D eigenvalue weighted by atomic mass is 10.1. The maximum Gasteiger partial charge on any atom is 0.328 e. The normalized spacial score (nSPS) is 10.6. The van der Waals surface area contributed by atoms with Gasteiger partial charge in [0.2, 0.25) is 5.91 Å². The van der Waals surface area contributed by atoms with Gasteiger partial charge in [0.05, 0.1) is 5.75 Å². The van der Waals surface area contributed by atoms with Crippen LogP contribution in [-0.4, -0.2) is 28.5 Å². The van der Waals surface area contributed by atoms with Crippen LogP contribution in [0.5, 0.6) is 0 Å². The molecule has 0 atom stereocenters. The van der Waals surface area contributed by atoms with E-state index >= 15 is 0 Å². The Bertz CT molecular complexity index is 801. The van der Waals surface area contributed by atoms with E-state index in [1.165, 1.54) is 36.0 Å². The second-order valence-corrected chi connectivity index (χ2v) is 5.95. The zero-order valence-electron chi connectivity index (χ0n) is 12.9. The second-order valence-electron chi connectivity index (χ2n) is 4.90. The Morgan fingerprint density at radius 1 is 1.00 bits per heavy atom. The molecular weight excluding hydrogens is 345 g/mol. The van der Waals surface area contributed by atoms with Crippen LogP contribution in [0.2, 0.25) is 0 Å². The van der Waals surface area contributed by atoms with Crippen molar-refractivity contribution in [3.63, 3.8) is 0 Å². The zero-order chi connectivity index (χ0) is 18.2. The molecule has 2 N–H and O–H groups in total. The lowest BCUT2D eigenvalue weighted by Crippen LogP contribution is -2.08. The maximum absolute atomic E-state index is 12.8. The van der Waals surface area contributed by atoms with Gasteiger partial charge >= 0.3 is 5.97 Å². The van der Waals surface area contributed by atoms with Crippen LogP contribution in [0.4, 0.5) is 10.1 Å². The number of aliphatic carboxylic acids is 1. The van der Waals surface area contributed by atoms with Crippen LogP contribution in [0.25, 0.3) is 0 Å². The smallest absolute Gasteiger partial charge is 0.328 e. The number of rotatable bonds is 7. The molecule has 0 saturated heterocycles. The predicted octanol–water partition coefficient (Wildman–Crippen LogP) is 3.38. The van der Waals surface area contributed by atoms with Gasteiger partial charge in [0.25, 0.3) is 0 Å². The van der Waals surface area contributed by atoms with E-state index in [0.717, 1.165) is 17.0 Å². The van der Waals surface area contributed by atoms with E-state index < -0.39 is 11.9 Å². The average Bonchev–Trinajstić information content (AvgIpc) is 2.60. The summed E-state index contributed by atoms with van der Waals surface area (Å²) in [7, 11) is 0. The van der Waals surface area contributed by atoms with Crippen LogP contribution >= 0.6 is 11.8 Å². The van der Waals surface area contributed by atoms with Gasteiger partial charge in [-0.15, -0.1) is 11.8 Å². The molecule has 0 aromatic heterocycles. The number of carbonyl (C=O) groups is 3. The largest absolute Gasteiger partial charge is 0.478 e. The van der Waals surface area contributed by atoms with E-state index in [1.54, 1.807) is 24.3 Å². The molecule has 5 nitrogen and oxygen atoms in total. The molecule has 2 rings (SSSR count). The van der Waals surface area contributed by atoms with Gasteiger partial charge in [-0.3, -0.25) is 9.59 Å². The number of Topliss-reactive ketones (excluding diaryl/α,β-unsaturated/α-hetero) is 1. The van der Waals surface area contributed by atoms with Gasteiger partial charge in [-0.1, -0.05) is 0 Å². The average molecular weight is 359 g/mol. The molecule has 0 spiro atoms. The number of hydrogen-bond donors (Lipinski definition) is 2. The standard InChI is InChI=1S/C18H14FNO4S/c19-13-3-1-12(2-4-13)16(21)11-25-15-7-5-14(6-8-15)20-17(22)9-10-18(23)24/h1-10H,11H2,(H,20,22)(H,23,24)/b10-9+. The van der Waals surface area contributed by atoms with Gasteiger partial charge in [-0.05, 0) is 48.5 Å². The predicted molar refractivity (Wildman–Crippen MR) is 93.3 cm³/mol. The van der Waals surface area contributed by atoms with Gasteiger partial charge in [0.15, 0.2) is 5.78 Å². The number of carboxylic acids is 1. The van der Waals surface area contributed by atoms with Crippen LogP contribution < -0.4 is 5.32 Å². The Morgan fingerprint density at radius 3 is 2.24 bits per heavy atom. The van der Waals surface area contributed by atoms with Crippen molar-refractivity contribution in [2.75, 3.05) is 11.1 Å². The number of carbonyl (C=O) groups excluding carboxylic acids is 2. The minimum Gasteiger partial charge on any atom is -0.478 e. The van der Waals surface area contributed by atoms with Crippen molar-refractivity contribution < 1.29 is 23.9 Å². The number of amides is 1. The van der Waals surface area contributed by atoms with Crippen molar-refractivity contribution in [1.29, 1.82) is 0 Å². The highest BCUT2D eigenvalue weighted by molar-refractivity contribution is 8.00. The van der Waals surface area contributed by atoms with E-state index in [9.17, 15) is 18.8 Å². The second kappa shape index (κ2) is 8.79. The third-order valence-electron chi connectivity index (χ3n) is 3.04. The Hall–Kier alpha value is -2.93. The first kappa shape index (κ1) is 18.4. The number of ketones is 1. The minimum absolute atomic E-state index is 0.110. The number of anilines is 1. The van der Waals surface area contributed by atoms with Crippen molar-refractivity contribution >= 4 is 35.1 Å². The molecule has 0 radical (unpaired) electrons. The van der Waals surface area contributed by atoms with E-state index in [-0.39, 0.29) is 17.4 Å². The first-order valence-electron chi connectivity index (χ1n) is 7.17. The Labute approximate surface area is 147 Å². The van der Waals surface area contributed by atoms with Gasteiger partial charge in [0, 0.05) is 28.3 Å². The molecule has 0 heterocycles. The maximum atomic E-state index is 12.8. The van der Waals surface area contributed by atoms with Crippen LogP contribution in [0, 0.1) is 5.82 Å². The Kier molecular flexibility index (Phi) is 6.47. The highest BCUT2D eigenvalue weighted by atomic mass is 32.2. The van der Waals surface area contributed by atoms with E-state index in [1.807, 2.05) is 0 Å². The van der Waals surface area contributed by atoms with Crippen LogP contribution in [0.15, 0.2) is 65.6 Å². The summed E-state index contributed by atoms with van der Waals surface area (Å²) in [6.45, 7) is 0. The summed E-state index contributed by atoms with van der Waals surface area (Å²) >= 11 is 1.32. The van der Waals surface area contributed by atoms with Crippen LogP contribution in [-0.2, 0) is 9.59 Å². The highest BCUT2D eigenvalue weighted by Crippen LogP contribution is 2.21. The van der Waals surface area contributed by atoms with Gasteiger partial charge in [-0.2, -0.15) is 0 Å². The summed E-state index contributed by atoms with van der Waals surface area (Å²) in [6, 6.07) is 12.2. The SMILES string of the molecule is O=C(O)/C=C/C(=O)Nc1ccc(SCC(=O)c2ccc(F)cc2)cc1.